The molecule has 1 N–H and O–H groups in total. The van der Waals surface area contributed by atoms with Gasteiger partial charge in [0.05, 0.1) is 14.2 Å². The first kappa shape index (κ1) is 21.8. The molecule has 0 saturated carbocycles. The molecule has 4 aromatic rings. The van der Waals surface area contributed by atoms with E-state index in [1.807, 2.05) is 72.8 Å². The van der Waals surface area contributed by atoms with Gasteiger partial charge in [0, 0.05) is 27.6 Å². The maximum Gasteiger partial charge on any atom is 0.143 e. The smallest absolute Gasteiger partial charge is 0.143 e. The number of phenols is 1. The van der Waals surface area contributed by atoms with Crippen molar-refractivity contribution < 1.29 is 19.0 Å². The van der Waals surface area contributed by atoms with Crippen molar-refractivity contribution in [3.63, 3.8) is 0 Å². The summed E-state index contributed by atoms with van der Waals surface area (Å²) >= 11 is 0. The molecular formula is C32H24O4. The van der Waals surface area contributed by atoms with Gasteiger partial charge in [-0.15, -0.1) is 0 Å². The molecular weight excluding hydrogens is 448 g/mol. The maximum atomic E-state index is 10.8. The highest BCUT2D eigenvalue weighted by Gasteiger charge is 2.28. The minimum absolute atomic E-state index is 0.238. The highest BCUT2D eigenvalue weighted by Crippen LogP contribution is 2.53. The molecule has 2 aliphatic rings. The molecule has 0 spiro atoms. The Bertz CT molecular complexity index is 1640. The van der Waals surface area contributed by atoms with E-state index in [-0.39, 0.29) is 5.75 Å². The van der Waals surface area contributed by atoms with Crippen LogP contribution in [0.4, 0.5) is 0 Å². The van der Waals surface area contributed by atoms with Gasteiger partial charge in [0.2, 0.25) is 0 Å². The Morgan fingerprint density at radius 3 is 1.86 bits per heavy atom. The Balaban J connectivity index is 1.73. The Morgan fingerprint density at radius 1 is 0.583 bits per heavy atom. The van der Waals surface area contributed by atoms with Gasteiger partial charge in [-0.1, -0.05) is 48.5 Å². The zero-order chi connectivity index (χ0) is 24.6. The van der Waals surface area contributed by atoms with Gasteiger partial charge in [-0.05, 0) is 71.3 Å². The van der Waals surface area contributed by atoms with Gasteiger partial charge in [0.25, 0.3) is 0 Å². The van der Waals surface area contributed by atoms with E-state index in [2.05, 4.69) is 24.3 Å². The van der Waals surface area contributed by atoms with Crippen LogP contribution in [0.25, 0.3) is 55.7 Å². The molecule has 4 nitrogen and oxygen atoms in total. The Hall–Kier alpha value is -4.70. The highest BCUT2D eigenvalue weighted by molar-refractivity contribution is 6.13. The molecule has 0 radical (unpaired) electrons. The van der Waals surface area contributed by atoms with Crippen LogP contribution in [-0.4, -0.2) is 19.3 Å². The van der Waals surface area contributed by atoms with Crippen molar-refractivity contribution in [2.75, 3.05) is 14.2 Å². The van der Waals surface area contributed by atoms with Crippen LogP contribution >= 0.6 is 0 Å². The van der Waals surface area contributed by atoms with Crippen LogP contribution in [0.2, 0.25) is 0 Å². The lowest BCUT2D eigenvalue weighted by Gasteiger charge is -2.16. The summed E-state index contributed by atoms with van der Waals surface area (Å²) in [6.45, 7) is 0. The fourth-order valence-corrected chi connectivity index (χ4v) is 4.85. The number of hydrogen-bond donors (Lipinski definition) is 1. The van der Waals surface area contributed by atoms with E-state index < -0.39 is 0 Å². The van der Waals surface area contributed by atoms with Gasteiger partial charge in [-0.3, -0.25) is 0 Å². The lowest BCUT2D eigenvalue weighted by Crippen LogP contribution is -1.91. The summed E-state index contributed by atoms with van der Waals surface area (Å²) in [6, 6.07) is 33.6. The Kier molecular flexibility index (Phi) is 5.34. The lowest BCUT2D eigenvalue weighted by atomic mass is 9.92. The summed E-state index contributed by atoms with van der Waals surface area (Å²) in [5.74, 6) is 2.57. The fraction of sp³-hybridized carbons (Fsp3) is 0.0625. The molecule has 4 aromatic carbocycles. The predicted octanol–water partition coefficient (Wildman–Crippen LogP) is 8.26. The summed E-state index contributed by atoms with van der Waals surface area (Å²) < 4.78 is 17.4. The third-order valence-corrected chi connectivity index (χ3v) is 6.62. The van der Waals surface area contributed by atoms with Crippen LogP contribution < -0.4 is 9.47 Å². The molecule has 0 saturated heterocycles. The predicted molar refractivity (Wildman–Crippen MR) is 144 cm³/mol. The zero-order valence-corrected chi connectivity index (χ0v) is 20.0. The molecule has 0 atom stereocenters. The molecule has 0 fully saturated rings. The minimum atomic E-state index is 0.238. The quantitative estimate of drug-likeness (QED) is 0.274. The molecule has 0 amide bonds. The normalized spacial score (nSPS) is 11.2. The molecule has 0 aromatic heterocycles. The average Bonchev–Trinajstić information content (AvgIpc) is 3.34. The minimum Gasteiger partial charge on any atom is -0.507 e. The monoisotopic (exact) mass is 472 g/mol. The second-order valence-corrected chi connectivity index (χ2v) is 8.62. The highest BCUT2D eigenvalue weighted by atomic mass is 16.5. The molecule has 0 bridgehead atoms. The molecule has 1 aliphatic heterocycles. The van der Waals surface area contributed by atoms with Crippen LogP contribution in [0.15, 0.2) is 108 Å². The summed E-state index contributed by atoms with van der Waals surface area (Å²) in [6.07, 6.45) is 0. The number of aromatic hydroxyl groups is 1. The number of fused-ring (bicyclic) bond motifs is 3. The molecule has 1 aliphatic carbocycles. The SMILES string of the molecule is COc1ccc(-c2cc(-c3ccccc3O)c3c4ccccc4oc(-c4ccc(OC)cc4)c2-3)cc1. The number of rotatable bonds is 5. The van der Waals surface area contributed by atoms with Gasteiger partial charge in [0.15, 0.2) is 0 Å². The number of para-hydroxylation sites is 2. The topological polar surface area (TPSA) is 51.8 Å². The zero-order valence-electron chi connectivity index (χ0n) is 20.0. The standard InChI is InChI=1S/C32H24O4/c1-34-22-15-11-20(12-16-22)26-19-27(24-7-3-5-9-28(24)33)30-25-8-4-6-10-29(25)36-32(31(26)30)21-13-17-23(35-2)18-14-21/h3-19,33H,1-2H3. The molecule has 176 valence electrons. The van der Waals surface area contributed by atoms with Crippen molar-refractivity contribution in [2.45, 2.75) is 0 Å². The Labute approximate surface area is 209 Å². The van der Waals surface area contributed by atoms with Gasteiger partial charge in [-0.2, -0.15) is 0 Å². The van der Waals surface area contributed by atoms with E-state index in [1.54, 1.807) is 20.3 Å². The van der Waals surface area contributed by atoms with Crippen molar-refractivity contribution in [1.82, 2.24) is 0 Å². The number of ether oxygens (including phenoxy) is 2. The first-order chi connectivity index (χ1) is 17.7. The van der Waals surface area contributed by atoms with Crippen LogP contribution in [0, 0.1) is 0 Å². The van der Waals surface area contributed by atoms with Crippen LogP contribution in [0.1, 0.15) is 0 Å². The van der Waals surface area contributed by atoms with Crippen molar-refractivity contribution in [1.29, 1.82) is 0 Å². The van der Waals surface area contributed by atoms with Crippen molar-refractivity contribution in [3.05, 3.63) is 103 Å². The summed E-state index contributed by atoms with van der Waals surface area (Å²) in [5, 5.41) is 11.8. The molecule has 36 heavy (non-hydrogen) atoms. The third kappa shape index (κ3) is 3.55. The second-order valence-electron chi connectivity index (χ2n) is 8.62. The molecule has 6 rings (SSSR count). The van der Waals surface area contributed by atoms with Crippen molar-refractivity contribution in [2.24, 2.45) is 0 Å². The first-order valence-corrected chi connectivity index (χ1v) is 11.7. The lowest BCUT2D eigenvalue weighted by molar-refractivity contribution is 0.414. The van der Waals surface area contributed by atoms with Crippen LogP contribution in [0.3, 0.4) is 0 Å². The maximum absolute atomic E-state index is 10.8. The number of benzene rings is 4. The van der Waals surface area contributed by atoms with Crippen molar-refractivity contribution in [3.8, 4) is 62.0 Å². The number of phenolic OH excluding ortho intramolecular Hbond substituents is 1. The van der Waals surface area contributed by atoms with E-state index in [9.17, 15) is 5.11 Å². The third-order valence-electron chi connectivity index (χ3n) is 6.62. The number of hydrogen-bond acceptors (Lipinski definition) is 4. The summed E-state index contributed by atoms with van der Waals surface area (Å²) in [7, 11) is 3.32. The van der Waals surface area contributed by atoms with Crippen molar-refractivity contribution >= 4 is 11.0 Å². The van der Waals surface area contributed by atoms with Gasteiger partial charge >= 0.3 is 0 Å². The molecule has 4 heteroatoms. The first-order valence-electron chi connectivity index (χ1n) is 11.7. The van der Waals surface area contributed by atoms with E-state index in [0.717, 1.165) is 67.2 Å². The second kappa shape index (κ2) is 8.82. The van der Waals surface area contributed by atoms with E-state index >= 15 is 0 Å². The average molecular weight is 473 g/mol. The molecule has 1 heterocycles. The van der Waals surface area contributed by atoms with E-state index in [1.165, 1.54) is 0 Å². The van der Waals surface area contributed by atoms with Gasteiger partial charge in [-0.25, -0.2) is 0 Å². The number of methoxy groups -OCH3 is 2. The van der Waals surface area contributed by atoms with Gasteiger partial charge in [0.1, 0.15) is 28.6 Å². The van der Waals surface area contributed by atoms with Gasteiger partial charge < -0.3 is 19.0 Å². The largest absolute Gasteiger partial charge is 0.507 e. The fourth-order valence-electron chi connectivity index (χ4n) is 4.85. The van der Waals surface area contributed by atoms with E-state index in [0.29, 0.717) is 0 Å². The Morgan fingerprint density at radius 2 is 1.19 bits per heavy atom. The van der Waals surface area contributed by atoms with Crippen LogP contribution in [-0.2, 0) is 0 Å². The summed E-state index contributed by atoms with van der Waals surface area (Å²) in [4.78, 5) is 0. The molecule has 0 unspecified atom stereocenters. The van der Waals surface area contributed by atoms with E-state index in [4.69, 9.17) is 13.9 Å². The summed E-state index contributed by atoms with van der Waals surface area (Å²) in [5.41, 5.74) is 7.52. The van der Waals surface area contributed by atoms with Crippen LogP contribution in [0.5, 0.6) is 17.2 Å².